The molecule has 0 spiro atoms. The summed E-state index contributed by atoms with van der Waals surface area (Å²) in [6.07, 6.45) is 0. The normalized spacial score (nSPS) is 11.4. The molecule has 3 nitrogen and oxygen atoms in total. The molecule has 102 valence electrons. The third kappa shape index (κ3) is 2.14. The Hall–Kier alpha value is -2.00. The van der Waals surface area contributed by atoms with E-state index in [9.17, 15) is 4.79 Å². The minimum absolute atomic E-state index is 0.0711. The Morgan fingerprint density at radius 1 is 1.10 bits per heavy atom. The molecule has 3 aromatic rings. The highest BCUT2D eigenvalue weighted by Crippen LogP contribution is 2.26. The summed E-state index contributed by atoms with van der Waals surface area (Å²) in [6.45, 7) is 4.00. The Labute approximate surface area is 121 Å². The molecule has 3 rings (SSSR count). The van der Waals surface area contributed by atoms with Crippen molar-refractivity contribution < 1.29 is 0 Å². The second-order valence-electron chi connectivity index (χ2n) is 5.14. The molecule has 0 bridgehead atoms. The van der Waals surface area contributed by atoms with Gasteiger partial charge in [0.2, 0.25) is 0 Å². The van der Waals surface area contributed by atoms with Crippen molar-refractivity contribution in [1.29, 1.82) is 0 Å². The molecule has 0 saturated heterocycles. The van der Waals surface area contributed by atoms with Gasteiger partial charge in [-0.1, -0.05) is 29.8 Å². The van der Waals surface area contributed by atoms with Crippen LogP contribution in [0.4, 0.5) is 0 Å². The smallest absolute Gasteiger partial charge is 0.306 e. The topological polar surface area (TPSA) is 37.8 Å². The number of aromatic nitrogens is 2. The fraction of sp³-hybridized carbons (Fsp3) is 0.188. The predicted molar refractivity (Wildman–Crippen MR) is 83.4 cm³/mol. The number of halogens is 1. The molecule has 2 aromatic carbocycles. The number of rotatable bonds is 2. The van der Waals surface area contributed by atoms with Crippen LogP contribution in [0.3, 0.4) is 0 Å². The number of H-pyrrole nitrogens is 1. The van der Waals surface area contributed by atoms with Crippen molar-refractivity contribution in [3.8, 4) is 11.1 Å². The van der Waals surface area contributed by atoms with E-state index in [4.69, 9.17) is 11.6 Å². The molecule has 0 saturated carbocycles. The Bertz CT molecular complexity index is 830. The molecule has 0 unspecified atom stereocenters. The van der Waals surface area contributed by atoms with Crippen LogP contribution in [0, 0.1) is 0 Å². The van der Waals surface area contributed by atoms with Gasteiger partial charge in [-0.2, -0.15) is 0 Å². The quantitative estimate of drug-likeness (QED) is 0.752. The summed E-state index contributed by atoms with van der Waals surface area (Å²) in [5, 5.41) is 0.706. The van der Waals surface area contributed by atoms with Gasteiger partial charge in [-0.15, -0.1) is 0 Å². The van der Waals surface area contributed by atoms with E-state index < -0.39 is 0 Å². The van der Waals surface area contributed by atoms with Gasteiger partial charge in [0.05, 0.1) is 11.0 Å². The second-order valence-corrected chi connectivity index (χ2v) is 5.57. The van der Waals surface area contributed by atoms with Gasteiger partial charge in [-0.05, 0) is 49.2 Å². The van der Waals surface area contributed by atoms with Gasteiger partial charge in [0, 0.05) is 11.1 Å². The third-order valence-corrected chi connectivity index (χ3v) is 3.63. The Kier molecular flexibility index (Phi) is 3.14. The number of imidazole rings is 1. The molecule has 4 heteroatoms. The van der Waals surface area contributed by atoms with Gasteiger partial charge in [-0.25, -0.2) is 4.79 Å². The highest BCUT2D eigenvalue weighted by atomic mass is 35.5. The van der Waals surface area contributed by atoms with Crippen LogP contribution in [-0.4, -0.2) is 9.55 Å². The van der Waals surface area contributed by atoms with Gasteiger partial charge < -0.3 is 4.98 Å². The summed E-state index contributed by atoms with van der Waals surface area (Å²) in [7, 11) is 0. The molecule has 1 aromatic heterocycles. The van der Waals surface area contributed by atoms with Crippen molar-refractivity contribution >= 4 is 22.6 Å². The zero-order valence-corrected chi connectivity index (χ0v) is 12.1. The van der Waals surface area contributed by atoms with Crippen molar-refractivity contribution in [3.05, 3.63) is 58.0 Å². The molecule has 0 aliphatic carbocycles. The zero-order valence-electron chi connectivity index (χ0n) is 11.4. The van der Waals surface area contributed by atoms with Crippen LogP contribution >= 0.6 is 11.6 Å². The van der Waals surface area contributed by atoms with Gasteiger partial charge in [0.1, 0.15) is 0 Å². The van der Waals surface area contributed by atoms with E-state index >= 15 is 0 Å². The number of hydrogen-bond acceptors (Lipinski definition) is 1. The average Bonchev–Trinajstić information content (AvgIpc) is 2.73. The number of benzene rings is 2. The number of nitrogens with one attached hydrogen (secondary N) is 1. The summed E-state index contributed by atoms with van der Waals surface area (Å²) >= 11 is 6.04. The first-order valence-electron chi connectivity index (χ1n) is 6.56. The van der Waals surface area contributed by atoms with Crippen molar-refractivity contribution in [2.45, 2.75) is 19.9 Å². The first-order chi connectivity index (χ1) is 9.56. The highest BCUT2D eigenvalue weighted by molar-refractivity contribution is 6.30. The molecule has 20 heavy (non-hydrogen) atoms. The van der Waals surface area contributed by atoms with Crippen molar-refractivity contribution in [1.82, 2.24) is 9.55 Å². The van der Waals surface area contributed by atoms with Gasteiger partial charge in [0.25, 0.3) is 0 Å². The van der Waals surface area contributed by atoms with Crippen molar-refractivity contribution in [3.63, 3.8) is 0 Å². The van der Waals surface area contributed by atoms with Crippen LogP contribution in [-0.2, 0) is 0 Å². The van der Waals surface area contributed by atoms with E-state index in [2.05, 4.69) is 4.98 Å². The summed E-state index contributed by atoms with van der Waals surface area (Å²) < 4.78 is 1.77. The Balaban J connectivity index is 2.24. The summed E-state index contributed by atoms with van der Waals surface area (Å²) in [5.74, 6) is 0. The molecule has 0 radical (unpaired) electrons. The molecule has 0 aliphatic heterocycles. The SMILES string of the molecule is CC(C)n1c(=O)[nH]c2ccc(-c3cccc(Cl)c3)cc21. The summed E-state index contributed by atoms with van der Waals surface area (Å²) in [5.41, 5.74) is 3.80. The minimum atomic E-state index is -0.0711. The van der Waals surface area contributed by atoms with Crippen LogP contribution in [0.15, 0.2) is 47.3 Å². The van der Waals surface area contributed by atoms with Crippen molar-refractivity contribution in [2.24, 2.45) is 0 Å². The van der Waals surface area contributed by atoms with Crippen molar-refractivity contribution in [2.75, 3.05) is 0 Å². The fourth-order valence-electron chi connectivity index (χ4n) is 2.48. The highest BCUT2D eigenvalue weighted by Gasteiger charge is 2.10. The predicted octanol–water partition coefficient (Wildman–Crippen LogP) is 4.23. The van der Waals surface area contributed by atoms with Crippen LogP contribution < -0.4 is 5.69 Å². The molecule has 0 amide bonds. The number of aromatic amines is 1. The van der Waals surface area contributed by atoms with E-state index in [1.54, 1.807) is 4.57 Å². The number of nitrogens with zero attached hydrogens (tertiary/aromatic N) is 1. The second kappa shape index (κ2) is 4.84. The lowest BCUT2D eigenvalue weighted by Gasteiger charge is -2.08. The van der Waals surface area contributed by atoms with E-state index in [0.29, 0.717) is 5.02 Å². The largest absolute Gasteiger partial charge is 0.326 e. The van der Waals surface area contributed by atoms with Gasteiger partial charge in [-0.3, -0.25) is 4.57 Å². The Morgan fingerprint density at radius 3 is 2.55 bits per heavy atom. The van der Waals surface area contributed by atoms with E-state index in [1.807, 2.05) is 56.3 Å². The first kappa shape index (κ1) is 13.0. The number of fused-ring (bicyclic) bond motifs is 1. The molecule has 1 N–H and O–H groups in total. The summed E-state index contributed by atoms with van der Waals surface area (Å²) in [6, 6.07) is 13.8. The van der Waals surface area contributed by atoms with Gasteiger partial charge in [0.15, 0.2) is 0 Å². The molecular formula is C16H15ClN2O. The molecule has 0 aliphatic rings. The molecular weight excluding hydrogens is 272 g/mol. The van der Waals surface area contributed by atoms with Crippen LogP contribution in [0.1, 0.15) is 19.9 Å². The lowest BCUT2D eigenvalue weighted by atomic mass is 10.1. The molecule has 0 atom stereocenters. The van der Waals surface area contributed by atoms with Crippen LogP contribution in [0.5, 0.6) is 0 Å². The zero-order chi connectivity index (χ0) is 14.3. The lowest BCUT2D eigenvalue weighted by molar-refractivity contribution is 0.598. The average molecular weight is 287 g/mol. The minimum Gasteiger partial charge on any atom is -0.306 e. The lowest BCUT2D eigenvalue weighted by Crippen LogP contribution is -2.18. The maximum atomic E-state index is 12.0. The standard InChI is InChI=1S/C16H15ClN2O/c1-10(2)19-15-9-12(6-7-14(15)18-16(19)20)11-4-3-5-13(17)8-11/h3-10H,1-2H3,(H,18,20). The van der Waals surface area contributed by atoms with Crippen LogP contribution in [0.2, 0.25) is 5.02 Å². The third-order valence-electron chi connectivity index (χ3n) is 3.39. The van der Waals surface area contributed by atoms with E-state index in [1.165, 1.54) is 0 Å². The molecule has 1 heterocycles. The molecule has 0 fully saturated rings. The summed E-state index contributed by atoms with van der Waals surface area (Å²) in [4.78, 5) is 14.8. The van der Waals surface area contributed by atoms with Gasteiger partial charge >= 0.3 is 5.69 Å². The fourth-order valence-corrected chi connectivity index (χ4v) is 2.67. The van der Waals surface area contributed by atoms with E-state index in [-0.39, 0.29) is 11.7 Å². The number of hydrogen-bond donors (Lipinski definition) is 1. The monoisotopic (exact) mass is 286 g/mol. The van der Waals surface area contributed by atoms with E-state index in [0.717, 1.165) is 22.2 Å². The maximum absolute atomic E-state index is 12.0. The maximum Gasteiger partial charge on any atom is 0.326 e. The first-order valence-corrected chi connectivity index (χ1v) is 6.94. The Morgan fingerprint density at radius 2 is 1.85 bits per heavy atom. The van der Waals surface area contributed by atoms with Crippen LogP contribution in [0.25, 0.3) is 22.2 Å².